The largest absolute Gasteiger partial charge is 0.390 e. The van der Waals surface area contributed by atoms with Crippen LogP contribution in [0.4, 0.5) is 5.69 Å². The normalized spacial score (nSPS) is 10.8. The van der Waals surface area contributed by atoms with Crippen LogP contribution >= 0.6 is 11.8 Å². The lowest BCUT2D eigenvalue weighted by atomic mass is 10.2. The molecule has 0 fully saturated rings. The molecular formula is C18H24N4O3S. The Labute approximate surface area is 157 Å². The molecule has 7 nitrogen and oxygen atoms in total. The highest BCUT2D eigenvalue weighted by molar-refractivity contribution is 7.99. The smallest absolute Gasteiger partial charge is 0.240 e. The van der Waals surface area contributed by atoms with E-state index < -0.39 is 0 Å². The summed E-state index contributed by atoms with van der Waals surface area (Å²) in [5.41, 5.74) is 2.29. The lowest BCUT2D eigenvalue weighted by molar-refractivity contribution is -0.122. The first-order chi connectivity index (χ1) is 12.4. The number of aliphatic hydroxyl groups excluding tert-OH is 1. The molecule has 0 aliphatic heterocycles. The maximum absolute atomic E-state index is 12.2. The van der Waals surface area contributed by atoms with E-state index >= 15 is 0 Å². The summed E-state index contributed by atoms with van der Waals surface area (Å²) in [6, 6.07) is 7.58. The Kier molecular flexibility index (Phi) is 7.23. The van der Waals surface area contributed by atoms with Gasteiger partial charge in [-0.2, -0.15) is 0 Å². The lowest BCUT2D eigenvalue weighted by Gasteiger charge is -2.13. The van der Waals surface area contributed by atoms with Gasteiger partial charge in [0, 0.05) is 11.7 Å². The van der Waals surface area contributed by atoms with Gasteiger partial charge in [0.2, 0.25) is 11.8 Å². The molecule has 1 heterocycles. The van der Waals surface area contributed by atoms with Gasteiger partial charge in [0.1, 0.15) is 6.54 Å². The van der Waals surface area contributed by atoms with Crippen molar-refractivity contribution in [1.29, 1.82) is 0 Å². The number of hydrogen-bond donors (Lipinski definition) is 3. The second-order valence-corrected chi connectivity index (χ2v) is 7.09. The number of carbonyl (C=O) groups is 2. The first-order valence-electron chi connectivity index (χ1n) is 8.33. The predicted molar refractivity (Wildman–Crippen MR) is 102 cm³/mol. The molecule has 0 saturated carbocycles. The van der Waals surface area contributed by atoms with Crippen LogP contribution in [0.2, 0.25) is 0 Å². The Morgan fingerprint density at radius 3 is 2.65 bits per heavy atom. The van der Waals surface area contributed by atoms with E-state index in [-0.39, 0.29) is 36.8 Å². The molecule has 0 atom stereocenters. The second-order valence-electron chi connectivity index (χ2n) is 6.15. The van der Waals surface area contributed by atoms with Gasteiger partial charge in [0.15, 0.2) is 5.16 Å². The Bertz CT molecular complexity index is 774. The van der Waals surface area contributed by atoms with Crippen molar-refractivity contribution in [2.75, 3.05) is 11.1 Å². The van der Waals surface area contributed by atoms with E-state index in [1.54, 1.807) is 4.57 Å². The first kappa shape index (κ1) is 20.0. The number of hydrogen-bond acceptors (Lipinski definition) is 5. The average Bonchev–Trinajstić information content (AvgIpc) is 2.96. The molecule has 2 amide bonds. The summed E-state index contributed by atoms with van der Waals surface area (Å²) in [4.78, 5) is 28.4. The van der Waals surface area contributed by atoms with Gasteiger partial charge < -0.3 is 20.3 Å². The van der Waals surface area contributed by atoms with Crippen molar-refractivity contribution in [3.05, 3.63) is 41.7 Å². The molecule has 2 aromatic rings. The number of aromatic nitrogens is 2. The van der Waals surface area contributed by atoms with Crippen LogP contribution < -0.4 is 10.6 Å². The zero-order valence-corrected chi connectivity index (χ0v) is 16.0. The molecule has 2 rings (SSSR count). The number of rotatable bonds is 8. The summed E-state index contributed by atoms with van der Waals surface area (Å²) in [6.07, 6.45) is 1.52. The average molecular weight is 376 g/mol. The summed E-state index contributed by atoms with van der Waals surface area (Å²) in [5, 5.41) is 15.6. The summed E-state index contributed by atoms with van der Waals surface area (Å²) < 4.78 is 1.63. The Balaban J connectivity index is 2.00. The van der Waals surface area contributed by atoms with Crippen LogP contribution in [-0.4, -0.2) is 38.3 Å². The third-order valence-electron chi connectivity index (χ3n) is 3.57. The molecule has 0 unspecified atom stereocenters. The van der Waals surface area contributed by atoms with E-state index in [1.165, 1.54) is 18.0 Å². The van der Waals surface area contributed by atoms with Gasteiger partial charge >= 0.3 is 0 Å². The number of imidazole rings is 1. The number of amides is 2. The van der Waals surface area contributed by atoms with Crippen molar-refractivity contribution in [1.82, 2.24) is 14.9 Å². The van der Waals surface area contributed by atoms with Gasteiger partial charge in [-0.3, -0.25) is 9.59 Å². The standard InChI is InChI=1S/C18H24N4O3S/c1-12(2)20-16(24)9-22-14(10-23)8-19-18(22)26-11-17(25)21-15-7-5-4-6-13(15)3/h4-8,12,23H,9-11H2,1-3H3,(H,20,24)(H,21,25). The van der Waals surface area contributed by atoms with Gasteiger partial charge in [-0.05, 0) is 32.4 Å². The first-order valence-corrected chi connectivity index (χ1v) is 9.32. The fourth-order valence-electron chi connectivity index (χ4n) is 2.34. The Hall–Kier alpha value is -2.32. The maximum Gasteiger partial charge on any atom is 0.240 e. The molecule has 1 aromatic carbocycles. The molecule has 0 radical (unpaired) electrons. The minimum Gasteiger partial charge on any atom is -0.390 e. The number of nitrogens with zero attached hydrogens (tertiary/aromatic N) is 2. The number of anilines is 1. The van der Waals surface area contributed by atoms with E-state index in [1.807, 2.05) is 45.0 Å². The van der Waals surface area contributed by atoms with Crippen molar-refractivity contribution in [3.63, 3.8) is 0 Å². The van der Waals surface area contributed by atoms with E-state index in [0.29, 0.717) is 10.9 Å². The molecule has 26 heavy (non-hydrogen) atoms. The van der Waals surface area contributed by atoms with E-state index in [2.05, 4.69) is 15.6 Å². The lowest BCUT2D eigenvalue weighted by Crippen LogP contribution is -2.33. The van der Waals surface area contributed by atoms with Crippen LogP contribution in [0.25, 0.3) is 0 Å². The Morgan fingerprint density at radius 2 is 2.00 bits per heavy atom. The maximum atomic E-state index is 12.2. The van der Waals surface area contributed by atoms with Crippen LogP contribution in [-0.2, 0) is 22.7 Å². The third kappa shape index (κ3) is 5.60. The van der Waals surface area contributed by atoms with Gasteiger partial charge in [0.25, 0.3) is 0 Å². The zero-order chi connectivity index (χ0) is 19.1. The van der Waals surface area contributed by atoms with Crippen molar-refractivity contribution in [2.24, 2.45) is 0 Å². The number of aliphatic hydroxyl groups is 1. The van der Waals surface area contributed by atoms with Gasteiger partial charge in [-0.25, -0.2) is 4.98 Å². The van der Waals surface area contributed by atoms with Gasteiger partial charge in [0.05, 0.1) is 24.3 Å². The number of thioether (sulfide) groups is 1. The van der Waals surface area contributed by atoms with E-state index in [0.717, 1.165) is 11.3 Å². The fraction of sp³-hybridized carbons (Fsp3) is 0.389. The summed E-state index contributed by atoms with van der Waals surface area (Å²) >= 11 is 1.23. The summed E-state index contributed by atoms with van der Waals surface area (Å²) in [5.74, 6) is -0.169. The molecule has 0 aliphatic carbocycles. The summed E-state index contributed by atoms with van der Waals surface area (Å²) in [7, 11) is 0. The molecule has 1 aromatic heterocycles. The van der Waals surface area contributed by atoms with Crippen molar-refractivity contribution in [3.8, 4) is 0 Å². The van der Waals surface area contributed by atoms with Crippen molar-refractivity contribution in [2.45, 2.75) is 45.1 Å². The Morgan fingerprint density at radius 1 is 1.27 bits per heavy atom. The molecule has 0 spiro atoms. The van der Waals surface area contributed by atoms with Crippen molar-refractivity contribution >= 4 is 29.3 Å². The molecular weight excluding hydrogens is 352 g/mol. The molecule has 3 N–H and O–H groups in total. The number of aryl methyl sites for hydroxylation is 1. The van der Waals surface area contributed by atoms with E-state index in [9.17, 15) is 14.7 Å². The van der Waals surface area contributed by atoms with Gasteiger partial charge in [-0.15, -0.1) is 0 Å². The number of benzene rings is 1. The molecule has 140 valence electrons. The second kappa shape index (κ2) is 9.40. The highest BCUT2D eigenvalue weighted by Crippen LogP contribution is 2.20. The van der Waals surface area contributed by atoms with Crippen LogP contribution in [0.15, 0.2) is 35.6 Å². The fourth-order valence-corrected chi connectivity index (χ4v) is 3.14. The van der Waals surface area contributed by atoms with Crippen LogP contribution in [0.5, 0.6) is 0 Å². The SMILES string of the molecule is Cc1ccccc1NC(=O)CSc1ncc(CO)n1CC(=O)NC(C)C. The minimum atomic E-state index is -0.224. The third-order valence-corrected chi connectivity index (χ3v) is 4.56. The van der Waals surface area contributed by atoms with Crippen molar-refractivity contribution < 1.29 is 14.7 Å². The van der Waals surface area contributed by atoms with Gasteiger partial charge in [-0.1, -0.05) is 30.0 Å². The topological polar surface area (TPSA) is 96.2 Å². The number of carbonyl (C=O) groups excluding carboxylic acids is 2. The highest BCUT2D eigenvalue weighted by Gasteiger charge is 2.15. The van der Waals surface area contributed by atoms with Crippen LogP contribution in [0.3, 0.4) is 0 Å². The monoisotopic (exact) mass is 376 g/mol. The van der Waals surface area contributed by atoms with Crippen LogP contribution in [0.1, 0.15) is 25.1 Å². The quantitative estimate of drug-likeness (QED) is 0.612. The number of nitrogens with one attached hydrogen (secondary N) is 2. The predicted octanol–water partition coefficient (Wildman–Crippen LogP) is 1.94. The zero-order valence-electron chi connectivity index (χ0n) is 15.2. The highest BCUT2D eigenvalue weighted by atomic mass is 32.2. The molecule has 0 saturated heterocycles. The molecule has 8 heteroatoms. The molecule has 0 bridgehead atoms. The minimum absolute atomic E-state index is 0.0274. The summed E-state index contributed by atoms with van der Waals surface area (Å²) in [6.45, 7) is 5.51. The number of para-hydroxylation sites is 1. The van der Waals surface area contributed by atoms with E-state index in [4.69, 9.17) is 0 Å². The van der Waals surface area contributed by atoms with Crippen LogP contribution in [0, 0.1) is 6.92 Å². The molecule has 0 aliphatic rings.